The molecule has 1 saturated carbocycles. The van der Waals surface area contributed by atoms with Crippen molar-refractivity contribution in [1.82, 2.24) is 0 Å². The van der Waals surface area contributed by atoms with Crippen molar-refractivity contribution in [3.63, 3.8) is 0 Å². The van der Waals surface area contributed by atoms with Crippen LogP contribution in [-0.4, -0.2) is 17.0 Å². The number of hydrogen-bond donors (Lipinski definition) is 1. The molecule has 0 heterocycles. The summed E-state index contributed by atoms with van der Waals surface area (Å²) in [6.45, 7) is 6.00. The molecule has 4 nitrogen and oxygen atoms in total. The van der Waals surface area contributed by atoms with E-state index in [0.29, 0.717) is 11.3 Å². The molecular weight excluding hydrogens is 412 g/mol. The maximum absolute atomic E-state index is 13.5. The van der Waals surface area contributed by atoms with Crippen LogP contribution in [0, 0.1) is 17.8 Å². The number of carboxylic acid groups (broad SMARTS) is 1. The van der Waals surface area contributed by atoms with Gasteiger partial charge in [-0.15, -0.1) is 0 Å². The Labute approximate surface area is 193 Å². The van der Waals surface area contributed by atoms with E-state index in [9.17, 15) is 14.7 Å². The smallest absolute Gasteiger partial charge is 0.315 e. The summed E-state index contributed by atoms with van der Waals surface area (Å²) >= 11 is 0. The van der Waals surface area contributed by atoms with Gasteiger partial charge in [-0.05, 0) is 23.9 Å². The molecule has 3 aromatic carbocycles. The van der Waals surface area contributed by atoms with Crippen LogP contribution in [0.4, 0.5) is 0 Å². The molecule has 0 amide bonds. The normalized spacial score (nSPS) is 22.3. The minimum absolute atomic E-state index is 0.441. The number of carboxylic acids is 1. The van der Waals surface area contributed by atoms with Crippen LogP contribution in [-0.2, 0) is 9.59 Å². The molecule has 1 aliphatic rings. The molecule has 4 atom stereocenters. The van der Waals surface area contributed by atoms with Gasteiger partial charge in [0.1, 0.15) is 5.75 Å². The first kappa shape index (κ1) is 22.3. The molecule has 0 unspecified atom stereocenters. The molecule has 1 fully saturated rings. The van der Waals surface area contributed by atoms with E-state index < -0.39 is 35.6 Å². The summed E-state index contributed by atoms with van der Waals surface area (Å²) in [6, 6.07) is 22.6. The van der Waals surface area contributed by atoms with Crippen molar-refractivity contribution in [2.24, 2.45) is 17.8 Å². The number of carbonyl (C=O) groups is 2. The van der Waals surface area contributed by atoms with Crippen LogP contribution in [0.5, 0.6) is 5.75 Å². The van der Waals surface area contributed by atoms with Crippen LogP contribution in [0.3, 0.4) is 0 Å². The highest BCUT2D eigenvalue weighted by molar-refractivity contribution is 5.92. The van der Waals surface area contributed by atoms with E-state index in [2.05, 4.69) is 6.58 Å². The summed E-state index contributed by atoms with van der Waals surface area (Å²) in [4.78, 5) is 25.8. The minimum atomic E-state index is -0.941. The molecule has 0 spiro atoms. The second-order valence-electron chi connectivity index (χ2n) is 8.21. The van der Waals surface area contributed by atoms with E-state index in [1.807, 2.05) is 91.9 Å². The van der Waals surface area contributed by atoms with Crippen molar-refractivity contribution in [2.45, 2.75) is 12.8 Å². The van der Waals surface area contributed by atoms with Crippen LogP contribution in [0.15, 0.2) is 109 Å². The standard InChI is InChI=1S/C29H26O4/c1-3-4-6-12-19(2)24-26(28(30)31)25(21-14-7-5-8-15-21)27(24)29(32)33-23-18-11-16-20-13-9-10-17-22(20)23/h3-18,24-27H,2H2,1H3,(H,30,31)/b4-3-,12-6-/t24-,25-,26+,27-/m0/s1. The Morgan fingerprint density at radius 3 is 2.30 bits per heavy atom. The maximum Gasteiger partial charge on any atom is 0.315 e. The molecule has 0 aromatic heterocycles. The van der Waals surface area contributed by atoms with Gasteiger partial charge in [-0.25, -0.2) is 0 Å². The van der Waals surface area contributed by atoms with Gasteiger partial charge in [-0.2, -0.15) is 0 Å². The fraction of sp³-hybridized carbons (Fsp3) is 0.172. The number of carbonyl (C=O) groups excluding carboxylic acids is 1. The van der Waals surface area contributed by atoms with Crippen LogP contribution < -0.4 is 4.74 Å². The zero-order valence-corrected chi connectivity index (χ0v) is 18.4. The highest BCUT2D eigenvalue weighted by atomic mass is 16.5. The third kappa shape index (κ3) is 4.37. The van der Waals surface area contributed by atoms with Crippen LogP contribution in [0.25, 0.3) is 10.8 Å². The summed E-state index contributed by atoms with van der Waals surface area (Å²) in [5.41, 5.74) is 1.42. The Morgan fingerprint density at radius 2 is 1.58 bits per heavy atom. The van der Waals surface area contributed by atoms with Gasteiger partial charge >= 0.3 is 11.9 Å². The van der Waals surface area contributed by atoms with Gasteiger partial charge in [-0.1, -0.05) is 103 Å². The molecule has 0 saturated heterocycles. The average Bonchev–Trinajstić information content (AvgIpc) is 2.79. The summed E-state index contributed by atoms with van der Waals surface area (Å²) in [5, 5.41) is 11.9. The van der Waals surface area contributed by atoms with E-state index in [1.54, 1.807) is 12.1 Å². The first-order chi connectivity index (χ1) is 16.0. The fourth-order valence-corrected chi connectivity index (χ4v) is 4.76. The van der Waals surface area contributed by atoms with E-state index in [4.69, 9.17) is 4.74 Å². The van der Waals surface area contributed by atoms with E-state index in [0.717, 1.165) is 16.3 Å². The van der Waals surface area contributed by atoms with E-state index in [-0.39, 0.29) is 0 Å². The van der Waals surface area contributed by atoms with Gasteiger partial charge in [0.05, 0.1) is 11.8 Å². The van der Waals surface area contributed by atoms with Crippen molar-refractivity contribution < 1.29 is 19.4 Å². The van der Waals surface area contributed by atoms with Gasteiger partial charge < -0.3 is 9.84 Å². The van der Waals surface area contributed by atoms with Crippen molar-refractivity contribution in [1.29, 1.82) is 0 Å². The summed E-state index contributed by atoms with van der Waals surface area (Å²) in [6.07, 6.45) is 7.31. The number of benzene rings is 3. The van der Waals surface area contributed by atoms with E-state index in [1.165, 1.54) is 0 Å². The number of esters is 1. The third-order valence-electron chi connectivity index (χ3n) is 6.29. The molecule has 4 heteroatoms. The first-order valence-corrected chi connectivity index (χ1v) is 11.0. The predicted molar refractivity (Wildman–Crippen MR) is 130 cm³/mol. The number of aliphatic carboxylic acids is 1. The fourth-order valence-electron chi connectivity index (χ4n) is 4.76. The topological polar surface area (TPSA) is 63.6 Å². The van der Waals surface area contributed by atoms with Crippen LogP contribution in [0.1, 0.15) is 18.4 Å². The summed E-state index contributed by atoms with van der Waals surface area (Å²) < 4.78 is 5.91. The molecule has 33 heavy (non-hydrogen) atoms. The average molecular weight is 439 g/mol. The third-order valence-corrected chi connectivity index (χ3v) is 6.29. The number of allylic oxidation sites excluding steroid dienone is 5. The van der Waals surface area contributed by atoms with Gasteiger partial charge in [0.15, 0.2) is 0 Å². The number of rotatable bonds is 7. The number of hydrogen-bond acceptors (Lipinski definition) is 3. The van der Waals surface area contributed by atoms with Gasteiger partial charge in [-0.3, -0.25) is 9.59 Å². The van der Waals surface area contributed by atoms with Gasteiger partial charge in [0, 0.05) is 17.2 Å². The Bertz CT molecular complexity index is 1230. The zero-order chi connectivity index (χ0) is 23.4. The SMILES string of the molecule is C=C(/C=C\C=C/C)[C@H]1[C@@H](C(=O)O)[C@H](c2ccccc2)[C@H]1C(=O)Oc1cccc2ccccc12. The molecule has 1 aliphatic carbocycles. The Kier molecular flexibility index (Phi) is 6.55. The van der Waals surface area contributed by atoms with Crippen molar-refractivity contribution >= 4 is 22.7 Å². The molecule has 0 aliphatic heterocycles. The van der Waals surface area contributed by atoms with Crippen LogP contribution >= 0.6 is 0 Å². The Morgan fingerprint density at radius 1 is 0.879 bits per heavy atom. The van der Waals surface area contributed by atoms with Gasteiger partial charge in [0.25, 0.3) is 0 Å². The summed E-state index contributed by atoms with van der Waals surface area (Å²) in [5.74, 6) is -3.39. The highest BCUT2D eigenvalue weighted by Gasteiger charge is 2.59. The van der Waals surface area contributed by atoms with Crippen LogP contribution in [0.2, 0.25) is 0 Å². The van der Waals surface area contributed by atoms with Crippen molar-refractivity contribution in [2.75, 3.05) is 0 Å². The second-order valence-corrected chi connectivity index (χ2v) is 8.21. The van der Waals surface area contributed by atoms with Gasteiger partial charge in [0.2, 0.25) is 0 Å². The number of ether oxygens (including phenoxy) is 1. The Hall–Kier alpha value is -3.92. The highest BCUT2D eigenvalue weighted by Crippen LogP contribution is 2.56. The van der Waals surface area contributed by atoms with E-state index >= 15 is 0 Å². The molecule has 4 rings (SSSR count). The lowest BCUT2D eigenvalue weighted by molar-refractivity contribution is -0.161. The lowest BCUT2D eigenvalue weighted by Crippen LogP contribution is -2.54. The predicted octanol–water partition coefficient (Wildman–Crippen LogP) is 6.16. The molecule has 166 valence electrons. The molecular formula is C29H26O4. The minimum Gasteiger partial charge on any atom is -0.481 e. The first-order valence-electron chi connectivity index (χ1n) is 11.0. The lowest BCUT2D eigenvalue weighted by Gasteiger charge is -2.49. The monoisotopic (exact) mass is 438 g/mol. The maximum atomic E-state index is 13.5. The van der Waals surface area contributed by atoms with Crippen molar-refractivity contribution in [3.8, 4) is 5.75 Å². The number of fused-ring (bicyclic) bond motifs is 1. The largest absolute Gasteiger partial charge is 0.481 e. The molecule has 1 N–H and O–H groups in total. The molecule has 0 bridgehead atoms. The lowest BCUT2D eigenvalue weighted by atomic mass is 9.52. The second kappa shape index (κ2) is 9.70. The zero-order valence-electron chi connectivity index (χ0n) is 18.4. The summed E-state index contributed by atoms with van der Waals surface area (Å²) in [7, 11) is 0. The Balaban J connectivity index is 1.72. The molecule has 0 radical (unpaired) electrons. The molecule has 3 aromatic rings. The quantitative estimate of drug-likeness (QED) is 0.272. The van der Waals surface area contributed by atoms with Crippen molar-refractivity contribution in [3.05, 3.63) is 115 Å².